The molecule has 88 valence electrons. The molecule has 2 aliphatic heterocycles. The number of hydrogen-bond donors (Lipinski definition) is 2. The van der Waals surface area contributed by atoms with Crippen molar-refractivity contribution < 1.29 is 4.74 Å². The first kappa shape index (κ1) is 10.1. The van der Waals surface area contributed by atoms with Gasteiger partial charge >= 0.3 is 0 Å². The molecule has 2 fully saturated rings. The zero-order chi connectivity index (χ0) is 10.8. The summed E-state index contributed by atoms with van der Waals surface area (Å²) in [5, 5.41) is 3.26. The topological polar surface area (TPSA) is 53.2 Å². The van der Waals surface area contributed by atoms with Gasteiger partial charge in [0.1, 0.15) is 0 Å². The largest absolute Gasteiger partial charge is 0.373 e. The Morgan fingerprint density at radius 2 is 2.62 bits per heavy atom. The molecule has 2 atom stereocenters. The summed E-state index contributed by atoms with van der Waals surface area (Å²) in [5.74, 6) is 0.826. The van der Waals surface area contributed by atoms with Gasteiger partial charge in [-0.25, -0.2) is 4.98 Å². The van der Waals surface area contributed by atoms with E-state index >= 15 is 0 Å². The molecule has 0 spiro atoms. The van der Waals surface area contributed by atoms with E-state index in [0.717, 1.165) is 25.6 Å². The molecule has 0 saturated carbocycles. The smallest absolute Gasteiger partial charge is 0.200 e. The van der Waals surface area contributed by atoms with Gasteiger partial charge in [-0.3, -0.25) is 4.90 Å². The fourth-order valence-electron chi connectivity index (χ4n) is 2.58. The molecule has 5 nitrogen and oxygen atoms in total. The van der Waals surface area contributed by atoms with Gasteiger partial charge in [0.15, 0.2) is 5.95 Å². The summed E-state index contributed by atoms with van der Waals surface area (Å²) in [4.78, 5) is 9.72. The van der Waals surface area contributed by atoms with E-state index in [1.807, 2.05) is 6.20 Å². The minimum absolute atomic E-state index is 0.291. The van der Waals surface area contributed by atoms with Crippen molar-refractivity contribution in [3.63, 3.8) is 0 Å². The van der Waals surface area contributed by atoms with Crippen molar-refractivity contribution in [2.75, 3.05) is 31.6 Å². The lowest BCUT2D eigenvalue weighted by Gasteiger charge is -2.35. The van der Waals surface area contributed by atoms with E-state index in [-0.39, 0.29) is 0 Å². The Balaban J connectivity index is 1.49. The van der Waals surface area contributed by atoms with Crippen LogP contribution in [0.1, 0.15) is 12.8 Å². The molecule has 2 aliphatic rings. The molecular formula is C11H18N4O. The third-order valence-corrected chi connectivity index (χ3v) is 3.46. The molecule has 1 aromatic heterocycles. The molecule has 0 aliphatic carbocycles. The number of anilines is 1. The van der Waals surface area contributed by atoms with E-state index in [9.17, 15) is 0 Å². The van der Waals surface area contributed by atoms with Gasteiger partial charge < -0.3 is 15.0 Å². The summed E-state index contributed by atoms with van der Waals surface area (Å²) in [6, 6.07) is 0.680. The van der Waals surface area contributed by atoms with Crippen LogP contribution in [0, 0.1) is 0 Å². The van der Waals surface area contributed by atoms with Crippen LogP contribution >= 0.6 is 0 Å². The Morgan fingerprint density at radius 1 is 1.62 bits per heavy atom. The zero-order valence-corrected chi connectivity index (χ0v) is 9.35. The first-order valence-corrected chi connectivity index (χ1v) is 6.01. The van der Waals surface area contributed by atoms with Crippen molar-refractivity contribution in [2.45, 2.75) is 25.0 Å². The average Bonchev–Trinajstić information content (AvgIpc) is 2.97. The van der Waals surface area contributed by atoms with Gasteiger partial charge in [-0.2, -0.15) is 0 Å². The third kappa shape index (κ3) is 2.05. The molecular weight excluding hydrogens is 204 g/mol. The number of rotatable bonds is 3. The Hall–Kier alpha value is -1.07. The first-order valence-electron chi connectivity index (χ1n) is 6.01. The van der Waals surface area contributed by atoms with Crippen LogP contribution in [-0.2, 0) is 4.74 Å². The standard InChI is InChI=1S/C11H18N4O/c1-2-9-8-16-10(7-15(9)5-1)6-14-11-12-3-4-13-11/h3-4,9-10H,1-2,5-8H2,(H2,12,13,14). The number of morpholine rings is 1. The number of ether oxygens (including phenoxy) is 1. The van der Waals surface area contributed by atoms with E-state index in [2.05, 4.69) is 20.2 Å². The molecule has 3 heterocycles. The molecule has 0 bridgehead atoms. The maximum atomic E-state index is 5.84. The number of aromatic amines is 1. The molecule has 1 aromatic rings. The number of H-pyrrole nitrogens is 1. The predicted octanol–water partition coefficient (Wildman–Crippen LogP) is 0.685. The number of nitrogens with zero attached hydrogens (tertiary/aromatic N) is 2. The number of hydrogen-bond acceptors (Lipinski definition) is 4. The van der Waals surface area contributed by atoms with Crippen molar-refractivity contribution in [1.82, 2.24) is 14.9 Å². The summed E-state index contributed by atoms with van der Waals surface area (Å²) < 4.78 is 5.84. The van der Waals surface area contributed by atoms with Crippen LogP contribution < -0.4 is 5.32 Å². The van der Waals surface area contributed by atoms with Crippen LogP contribution in [0.2, 0.25) is 0 Å². The normalized spacial score (nSPS) is 30.2. The van der Waals surface area contributed by atoms with Crippen LogP contribution in [0.25, 0.3) is 0 Å². The van der Waals surface area contributed by atoms with E-state index in [1.165, 1.54) is 19.4 Å². The summed E-state index contributed by atoms with van der Waals surface area (Å²) in [5.41, 5.74) is 0. The SMILES string of the molecule is c1c[nH]c(NCC2CN3CCCC3CO2)n1. The fraction of sp³-hybridized carbons (Fsp3) is 0.727. The lowest BCUT2D eigenvalue weighted by molar-refractivity contribution is -0.0416. The van der Waals surface area contributed by atoms with Gasteiger partial charge in [0, 0.05) is 31.5 Å². The highest BCUT2D eigenvalue weighted by atomic mass is 16.5. The van der Waals surface area contributed by atoms with Gasteiger partial charge in [-0.15, -0.1) is 0 Å². The third-order valence-electron chi connectivity index (χ3n) is 3.46. The highest BCUT2D eigenvalue weighted by Gasteiger charge is 2.31. The summed E-state index contributed by atoms with van der Waals surface area (Å²) >= 11 is 0. The molecule has 0 amide bonds. The minimum atomic E-state index is 0.291. The molecule has 0 aromatic carbocycles. The summed E-state index contributed by atoms with van der Waals surface area (Å²) in [6.45, 7) is 4.02. The lowest BCUT2D eigenvalue weighted by atomic mass is 10.2. The maximum absolute atomic E-state index is 5.84. The molecule has 2 unspecified atom stereocenters. The monoisotopic (exact) mass is 222 g/mol. The number of fused-ring (bicyclic) bond motifs is 1. The van der Waals surface area contributed by atoms with Crippen molar-refractivity contribution in [2.24, 2.45) is 0 Å². The van der Waals surface area contributed by atoms with Crippen LogP contribution in [0.3, 0.4) is 0 Å². The van der Waals surface area contributed by atoms with E-state index < -0.39 is 0 Å². The van der Waals surface area contributed by atoms with E-state index in [1.54, 1.807) is 6.20 Å². The molecule has 3 rings (SSSR count). The fourth-order valence-corrected chi connectivity index (χ4v) is 2.58. The second-order valence-electron chi connectivity index (χ2n) is 4.57. The number of nitrogens with one attached hydrogen (secondary N) is 2. The highest BCUT2D eigenvalue weighted by molar-refractivity contribution is 5.22. The van der Waals surface area contributed by atoms with Gasteiger partial charge in [-0.1, -0.05) is 0 Å². The quantitative estimate of drug-likeness (QED) is 0.790. The first-order chi connectivity index (χ1) is 7.92. The zero-order valence-electron chi connectivity index (χ0n) is 9.35. The lowest BCUT2D eigenvalue weighted by Crippen LogP contribution is -2.48. The van der Waals surface area contributed by atoms with E-state index in [0.29, 0.717) is 12.1 Å². The number of imidazole rings is 1. The second-order valence-corrected chi connectivity index (χ2v) is 4.57. The van der Waals surface area contributed by atoms with Crippen molar-refractivity contribution >= 4 is 5.95 Å². The highest BCUT2D eigenvalue weighted by Crippen LogP contribution is 2.22. The van der Waals surface area contributed by atoms with Crippen LogP contribution in [0.4, 0.5) is 5.95 Å². The van der Waals surface area contributed by atoms with Crippen molar-refractivity contribution in [3.8, 4) is 0 Å². The van der Waals surface area contributed by atoms with E-state index in [4.69, 9.17) is 4.74 Å². The van der Waals surface area contributed by atoms with Crippen LogP contribution in [0.5, 0.6) is 0 Å². The molecule has 16 heavy (non-hydrogen) atoms. The second kappa shape index (κ2) is 4.43. The average molecular weight is 222 g/mol. The minimum Gasteiger partial charge on any atom is -0.373 e. The Bertz CT molecular complexity index is 327. The number of aromatic nitrogens is 2. The Morgan fingerprint density at radius 3 is 3.50 bits per heavy atom. The van der Waals surface area contributed by atoms with Crippen LogP contribution in [-0.4, -0.2) is 53.3 Å². The molecule has 5 heteroatoms. The van der Waals surface area contributed by atoms with Crippen molar-refractivity contribution in [1.29, 1.82) is 0 Å². The predicted molar refractivity (Wildman–Crippen MR) is 61.4 cm³/mol. The summed E-state index contributed by atoms with van der Waals surface area (Å²) in [7, 11) is 0. The summed E-state index contributed by atoms with van der Waals surface area (Å²) in [6.07, 6.45) is 6.49. The van der Waals surface area contributed by atoms with Gasteiger partial charge in [0.05, 0.1) is 12.7 Å². The molecule has 0 radical (unpaired) electrons. The maximum Gasteiger partial charge on any atom is 0.200 e. The Kier molecular flexibility index (Phi) is 2.80. The Labute approximate surface area is 95.2 Å². The van der Waals surface area contributed by atoms with Crippen molar-refractivity contribution in [3.05, 3.63) is 12.4 Å². The van der Waals surface area contributed by atoms with Gasteiger partial charge in [0.25, 0.3) is 0 Å². The molecule has 2 N–H and O–H groups in total. The molecule has 2 saturated heterocycles. The van der Waals surface area contributed by atoms with Gasteiger partial charge in [0.2, 0.25) is 0 Å². The van der Waals surface area contributed by atoms with Crippen LogP contribution in [0.15, 0.2) is 12.4 Å². The van der Waals surface area contributed by atoms with Gasteiger partial charge in [-0.05, 0) is 19.4 Å².